The number of nitrogens with two attached hydrogens (primary N) is 1. The smallest absolute Gasteiger partial charge is 0.244 e. The average Bonchev–Trinajstić information content (AvgIpc) is 2.76. The minimum atomic E-state index is 0.234. The van der Waals surface area contributed by atoms with E-state index in [1.54, 1.807) is 0 Å². The van der Waals surface area contributed by atoms with E-state index < -0.39 is 0 Å². The molecule has 19 heavy (non-hydrogen) atoms. The van der Waals surface area contributed by atoms with E-state index in [0.29, 0.717) is 5.92 Å². The molecule has 1 aromatic heterocycles. The molecule has 0 amide bonds. The zero-order valence-corrected chi connectivity index (χ0v) is 11.9. The quantitative estimate of drug-likeness (QED) is 0.792. The molecule has 102 valence electrons. The van der Waals surface area contributed by atoms with Gasteiger partial charge in [-0.1, -0.05) is 44.2 Å². The van der Waals surface area contributed by atoms with Crippen LogP contribution in [0.15, 0.2) is 49.1 Å². The average molecular weight is 258 g/mol. The highest BCUT2D eigenvalue weighted by atomic mass is 15.1. The van der Waals surface area contributed by atoms with Gasteiger partial charge in [-0.2, -0.15) is 0 Å². The lowest BCUT2D eigenvalue weighted by Gasteiger charge is -2.11. The Bertz CT molecular complexity index is 488. The second-order valence-electron chi connectivity index (χ2n) is 5.66. The second-order valence-corrected chi connectivity index (χ2v) is 5.66. The molecule has 1 aromatic carbocycles. The van der Waals surface area contributed by atoms with E-state index in [-0.39, 0.29) is 6.04 Å². The van der Waals surface area contributed by atoms with Gasteiger partial charge in [0.05, 0.1) is 0 Å². The van der Waals surface area contributed by atoms with Crippen molar-refractivity contribution in [3.63, 3.8) is 0 Å². The van der Waals surface area contributed by atoms with Crippen molar-refractivity contribution >= 4 is 0 Å². The Hall–Kier alpha value is -1.61. The lowest BCUT2D eigenvalue weighted by Crippen LogP contribution is -2.33. The van der Waals surface area contributed by atoms with Gasteiger partial charge < -0.3 is 5.73 Å². The lowest BCUT2D eigenvalue weighted by atomic mass is 10.0. The molecular weight excluding hydrogens is 234 g/mol. The van der Waals surface area contributed by atoms with E-state index >= 15 is 0 Å². The van der Waals surface area contributed by atoms with E-state index in [2.05, 4.69) is 66.0 Å². The summed E-state index contributed by atoms with van der Waals surface area (Å²) in [7, 11) is 0. The first-order valence-corrected chi connectivity index (χ1v) is 6.98. The number of aromatic nitrogens is 2. The first-order chi connectivity index (χ1) is 9.13. The zero-order chi connectivity index (χ0) is 13.7. The van der Waals surface area contributed by atoms with Crippen molar-refractivity contribution in [1.29, 1.82) is 0 Å². The van der Waals surface area contributed by atoms with Crippen molar-refractivity contribution < 1.29 is 4.57 Å². The van der Waals surface area contributed by atoms with E-state index in [1.165, 1.54) is 5.56 Å². The predicted octanol–water partition coefficient (Wildman–Crippen LogP) is 2.20. The van der Waals surface area contributed by atoms with Crippen LogP contribution in [0.2, 0.25) is 0 Å². The molecular formula is C16H24N3+. The third-order valence-corrected chi connectivity index (χ3v) is 3.17. The molecule has 0 aliphatic carbocycles. The van der Waals surface area contributed by atoms with Crippen LogP contribution < -0.4 is 10.3 Å². The lowest BCUT2D eigenvalue weighted by molar-refractivity contribution is -0.687. The van der Waals surface area contributed by atoms with E-state index in [0.717, 1.165) is 19.5 Å². The highest BCUT2D eigenvalue weighted by Gasteiger charge is 2.11. The molecule has 1 atom stereocenters. The molecule has 2 N–H and O–H groups in total. The Balaban J connectivity index is 1.92. The maximum atomic E-state index is 6.14. The van der Waals surface area contributed by atoms with E-state index in [9.17, 15) is 0 Å². The maximum Gasteiger partial charge on any atom is 0.244 e. The molecule has 1 heterocycles. The second kappa shape index (κ2) is 6.53. The number of hydrogen-bond acceptors (Lipinski definition) is 1. The van der Waals surface area contributed by atoms with Gasteiger partial charge in [0.2, 0.25) is 6.33 Å². The van der Waals surface area contributed by atoms with Gasteiger partial charge in [0, 0.05) is 6.04 Å². The van der Waals surface area contributed by atoms with Crippen LogP contribution in [0.1, 0.15) is 25.8 Å². The van der Waals surface area contributed by atoms with Crippen molar-refractivity contribution in [2.75, 3.05) is 0 Å². The molecule has 2 rings (SSSR count). The summed E-state index contributed by atoms with van der Waals surface area (Å²) in [5.74, 6) is 0.655. The zero-order valence-electron chi connectivity index (χ0n) is 11.9. The summed E-state index contributed by atoms with van der Waals surface area (Å²) in [6, 6.07) is 10.7. The summed E-state index contributed by atoms with van der Waals surface area (Å²) < 4.78 is 4.37. The fraction of sp³-hybridized carbons (Fsp3) is 0.438. The summed E-state index contributed by atoms with van der Waals surface area (Å²) in [6.07, 6.45) is 7.41. The van der Waals surface area contributed by atoms with Crippen molar-refractivity contribution in [3.8, 4) is 0 Å². The Kier molecular flexibility index (Phi) is 4.74. The summed E-state index contributed by atoms with van der Waals surface area (Å²) in [4.78, 5) is 0. The van der Waals surface area contributed by atoms with Gasteiger partial charge in [-0.25, -0.2) is 9.13 Å². The van der Waals surface area contributed by atoms with Crippen LogP contribution in [-0.4, -0.2) is 10.6 Å². The molecule has 0 unspecified atom stereocenters. The topological polar surface area (TPSA) is 34.8 Å². The number of benzene rings is 1. The monoisotopic (exact) mass is 258 g/mol. The molecule has 3 nitrogen and oxygen atoms in total. The van der Waals surface area contributed by atoms with E-state index in [1.807, 2.05) is 6.07 Å². The van der Waals surface area contributed by atoms with Crippen LogP contribution in [0.3, 0.4) is 0 Å². The number of hydrogen-bond donors (Lipinski definition) is 1. The Morgan fingerprint density at radius 3 is 2.63 bits per heavy atom. The highest BCUT2D eigenvalue weighted by Crippen LogP contribution is 2.04. The van der Waals surface area contributed by atoms with Crippen LogP contribution in [0.4, 0.5) is 0 Å². The molecule has 0 saturated carbocycles. The van der Waals surface area contributed by atoms with Crippen LogP contribution in [0, 0.1) is 5.92 Å². The summed E-state index contributed by atoms with van der Waals surface area (Å²) in [5, 5.41) is 0. The van der Waals surface area contributed by atoms with Gasteiger partial charge in [0.25, 0.3) is 0 Å². The molecule has 0 aliphatic heterocycles. The Morgan fingerprint density at radius 1 is 1.21 bits per heavy atom. The van der Waals surface area contributed by atoms with Crippen molar-refractivity contribution in [1.82, 2.24) is 4.57 Å². The fourth-order valence-corrected chi connectivity index (χ4v) is 2.39. The SMILES string of the molecule is CC(C)C[C@H](N)Cn1cc[n+](Cc2ccccc2)c1. The first-order valence-electron chi connectivity index (χ1n) is 6.98. The minimum absolute atomic E-state index is 0.234. The largest absolute Gasteiger partial charge is 0.324 e. The van der Waals surface area contributed by atoms with Gasteiger partial charge >= 0.3 is 0 Å². The Morgan fingerprint density at radius 2 is 1.95 bits per heavy atom. The summed E-state index contributed by atoms with van der Waals surface area (Å²) >= 11 is 0. The normalized spacial score (nSPS) is 12.8. The molecule has 0 bridgehead atoms. The van der Waals surface area contributed by atoms with Crippen molar-refractivity contribution in [2.24, 2.45) is 11.7 Å². The van der Waals surface area contributed by atoms with Gasteiger partial charge in [0.15, 0.2) is 0 Å². The van der Waals surface area contributed by atoms with Crippen LogP contribution in [0.5, 0.6) is 0 Å². The third-order valence-electron chi connectivity index (χ3n) is 3.17. The molecule has 0 fully saturated rings. The standard InChI is InChI=1S/C16H24N3/c1-14(2)10-16(17)12-19-9-8-18(13-19)11-15-6-4-3-5-7-15/h3-9,13-14,16H,10-12,17H2,1-2H3/q+1/t16-/m0/s1. The Labute approximate surface area is 115 Å². The maximum absolute atomic E-state index is 6.14. The first kappa shape index (κ1) is 13.8. The van der Waals surface area contributed by atoms with Crippen molar-refractivity contribution in [3.05, 3.63) is 54.6 Å². The molecule has 0 spiro atoms. The number of rotatable bonds is 6. The molecule has 2 aromatic rings. The van der Waals surface area contributed by atoms with Gasteiger partial charge in [-0.15, -0.1) is 0 Å². The van der Waals surface area contributed by atoms with Crippen LogP contribution >= 0.6 is 0 Å². The molecule has 0 radical (unpaired) electrons. The predicted molar refractivity (Wildman–Crippen MR) is 77.6 cm³/mol. The molecule has 0 aliphatic rings. The molecule has 0 saturated heterocycles. The van der Waals surface area contributed by atoms with Crippen molar-refractivity contribution in [2.45, 2.75) is 39.4 Å². The van der Waals surface area contributed by atoms with Gasteiger partial charge in [0.1, 0.15) is 25.5 Å². The third kappa shape index (κ3) is 4.52. The number of imidazole rings is 1. The molecule has 3 heteroatoms. The summed E-state index contributed by atoms with van der Waals surface area (Å²) in [6.45, 7) is 6.23. The highest BCUT2D eigenvalue weighted by molar-refractivity contribution is 5.13. The fourth-order valence-electron chi connectivity index (χ4n) is 2.39. The van der Waals surface area contributed by atoms with Crippen LogP contribution in [-0.2, 0) is 13.1 Å². The van der Waals surface area contributed by atoms with Crippen LogP contribution in [0.25, 0.3) is 0 Å². The summed E-state index contributed by atoms with van der Waals surface area (Å²) in [5.41, 5.74) is 7.45. The number of nitrogens with zero attached hydrogens (tertiary/aromatic N) is 2. The van der Waals surface area contributed by atoms with Gasteiger partial charge in [-0.05, 0) is 17.9 Å². The van der Waals surface area contributed by atoms with Gasteiger partial charge in [-0.3, -0.25) is 0 Å². The minimum Gasteiger partial charge on any atom is -0.324 e. The van der Waals surface area contributed by atoms with E-state index in [4.69, 9.17) is 5.73 Å².